The van der Waals surface area contributed by atoms with Gasteiger partial charge in [0.1, 0.15) is 11.8 Å². The van der Waals surface area contributed by atoms with E-state index in [0.717, 1.165) is 24.2 Å². The molecule has 0 bridgehead atoms. The second-order valence-electron chi connectivity index (χ2n) is 6.52. The van der Waals surface area contributed by atoms with Crippen LogP contribution in [0.5, 0.6) is 5.75 Å². The highest BCUT2D eigenvalue weighted by Gasteiger charge is 2.38. The quantitative estimate of drug-likeness (QED) is 0.720. The molecule has 1 amide bonds. The van der Waals surface area contributed by atoms with Gasteiger partial charge in [0.05, 0.1) is 6.61 Å². The van der Waals surface area contributed by atoms with Gasteiger partial charge < -0.3 is 19.3 Å². The number of hydrogen-bond donors (Lipinski definition) is 1. The number of carboxylic acid groups (broad SMARTS) is 1. The second kappa shape index (κ2) is 8.20. The van der Waals surface area contributed by atoms with Crippen molar-refractivity contribution in [3.8, 4) is 17.1 Å². The maximum absolute atomic E-state index is 12.5. The van der Waals surface area contributed by atoms with Crippen molar-refractivity contribution >= 4 is 11.9 Å². The standard InChI is InChI=1S/C19H23N3O5/c1-3-26-15-8-4-13(5-9-15)18-20-16(27-21-18)10-11-17(23)22(14-6-7-14)12(2)19(24)25/h4-5,8-9,12,14H,3,6-7,10-11H2,1-2H3,(H,24,25). The summed E-state index contributed by atoms with van der Waals surface area (Å²) >= 11 is 0. The fourth-order valence-electron chi connectivity index (χ4n) is 2.89. The summed E-state index contributed by atoms with van der Waals surface area (Å²) in [7, 11) is 0. The topological polar surface area (TPSA) is 106 Å². The first-order valence-corrected chi connectivity index (χ1v) is 9.09. The van der Waals surface area contributed by atoms with Gasteiger partial charge in [0.15, 0.2) is 0 Å². The smallest absolute Gasteiger partial charge is 0.326 e. The summed E-state index contributed by atoms with van der Waals surface area (Å²) < 4.78 is 10.6. The number of hydrogen-bond acceptors (Lipinski definition) is 6. The number of ether oxygens (including phenoxy) is 1. The van der Waals surface area contributed by atoms with Crippen molar-refractivity contribution in [2.24, 2.45) is 0 Å². The molecule has 8 nitrogen and oxygen atoms in total. The zero-order chi connectivity index (χ0) is 19.4. The van der Waals surface area contributed by atoms with Gasteiger partial charge in [-0.25, -0.2) is 4.79 Å². The summed E-state index contributed by atoms with van der Waals surface area (Å²) in [5.41, 5.74) is 0.791. The minimum atomic E-state index is -0.995. The summed E-state index contributed by atoms with van der Waals surface area (Å²) in [6, 6.07) is 6.55. The number of rotatable bonds is 9. The van der Waals surface area contributed by atoms with Crippen LogP contribution < -0.4 is 4.74 Å². The Bertz CT molecular complexity index is 798. The molecule has 144 valence electrons. The van der Waals surface area contributed by atoms with Crippen molar-refractivity contribution in [1.29, 1.82) is 0 Å². The van der Waals surface area contributed by atoms with Crippen LogP contribution in [0.3, 0.4) is 0 Å². The molecule has 1 aromatic heterocycles. The average Bonchev–Trinajstić information content (AvgIpc) is 3.37. The molecule has 1 aliphatic rings. The Morgan fingerprint density at radius 1 is 1.33 bits per heavy atom. The molecule has 1 N–H and O–H groups in total. The van der Waals surface area contributed by atoms with Crippen molar-refractivity contribution < 1.29 is 24.0 Å². The summed E-state index contributed by atoms with van der Waals surface area (Å²) in [6.07, 6.45) is 2.12. The molecule has 1 unspecified atom stereocenters. The van der Waals surface area contributed by atoms with Gasteiger partial charge in [-0.15, -0.1) is 0 Å². The molecular weight excluding hydrogens is 350 g/mol. The van der Waals surface area contributed by atoms with Crippen LogP contribution in [0, 0.1) is 0 Å². The van der Waals surface area contributed by atoms with Crippen LogP contribution in [-0.4, -0.2) is 50.7 Å². The largest absolute Gasteiger partial charge is 0.494 e. The Morgan fingerprint density at radius 3 is 2.63 bits per heavy atom. The number of carbonyl (C=O) groups excluding carboxylic acids is 1. The van der Waals surface area contributed by atoms with E-state index in [4.69, 9.17) is 9.26 Å². The minimum absolute atomic E-state index is 0.0331. The van der Waals surface area contributed by atoms with Gasteiger partial charge in [0.2, 0.25) is 17.6 Å². The number of aliphatic carboxylic acids is 1. The Kier molecular flexibility index (Phi) is 5.73. The van der Waals surface area contributed by atoms with E-state index in [1.54, 1.807) is 0 Å². The molecule has 2 aromatic rings. The fourth-order valence-corrected chi connectivity index (χ4v) is 2.89. The molecule has 1 aromatic carbocycles. The van der Waals surface area contributed by atoms with Gasteiger partial charge in [-0.1, -0.05) is 5.16 Å². The highest BCUT2D eigenvalue weighted by atomic mass is 16.5. The third kappa shape index (κ3) is 4.64. The molecule has 0 radical (unpaired) electrons. The number of carbonyl (C=O) groups is 2. The van der Waals surface area contributed by atoms with Gasteiger partial charge in [-0.2, -0.15) is 4.98 Å². The zero-order valence-electron chi connectivity index (χ0n) is 15.4. The van der Waals surface area contributed by atoms with Gasteiger partial charge >= 0.3 is 5.97 Å². The van der Waals surface area contributed by atoms with E-state index in [1.165, 1.54) is 11.8 Å². The number of nitrogens with zero attached hydrogens (tertiary/aromatic N) is 3. The molecule has 8 heteroatoms. The molecule has 1 aliphatic carbocycles. The number of carboxylic acids is 1. The van der Waals surface area contributed by atoms with Crippen molar-refractivity contribution in [2.75, 3.05) is 6.61 Å². The van der Waals surface area contributed by atoms with Crippen molar-refractivity contribution in [3.63, 3.8) is 0 Å². The Morgan fingerprint density at radius 2 is 2.04 bits per heavy atom. The highest BCUT2D eigenvalue weighted by Crippen LogP contribution is 2.29. The predicted octanol–water partition coefficient (Wildman–Crippen LogP) is 2.53. The van der Waals surface area contributed by atoms with E-state index in [-0.39, 0.29) is 24.8 Å². The molecule has 3 rings (SSSR count). The molecule has 1 saturated carbocycles. The lowest BCUT2D eigenvalue weighted by Gasteiger charge is -2.26. The van der Waals surface area contributed by atoms with E-state index in [1.807, 2.05) is 31.2 Å². The van der Waals surface area contributed by atoms with E-state index in [2.05, 4.69) is 10.1 Å². The molecule has 1 atom stereocenters. The fraction of sp³-hybridized carbons (Fsp3) is 0.474. The van der Waals surface area contributed by atoms with Gasteiger partial charge in [-0.3, -0.25) is 4.79 Å². The lowest BCUT2D eigenvalue weighted by molar-refractivity contribution is -0.150. The van der Waals surface area contributed by atoms with Crippen LogP contribution >= 0.6 is 0 Å². The highest BCUT2D eigenvalue weighted by molar-refractivity contribution is 5.84. The Balaban J connectivity index is 1.60. The third-order valence-electron chi connectivity index (χ3n) is 4.45. The Labute approximate surface area is 157 Å². The first-order valence-electron chi connectivity index (χ1n) is 9.09. The lowest BCUT2D eigenvalue weighted by Crippen LogP contribution is -2.44. The normalized spacial score (nSPS) is 14.6. The van der Waals surface area contributed by atoms with Gasteiger partial charge in [0.25, 0.3) is 0 Å². The summed E-state index contributed by atoms with van der Waals surface area (Å²) in [5.74, 6) is 0.367. The average molecular weight is 373 g/mol. The SMILES string of the molecule is CCOc1ccc(-c2noc(CCC(=O)N(C3CC3)C(C)C(=O)O)n2)cc1. The first-order chi connectivity index (χ1) is 13.0. The Hall–Kier alpha value is -2.90. The molecular formula is C19H23N3O5. The number of aryl methyl sites for hydroxylation is 1. The van der Waals surface area contributed by atoms with Gasteiger partial charge in [0, 0.05) is 24.4 Å². The zero-order valence-corrected chi connectivity index (χ0v) is 15.4. The number of benzene rings is 1. The second-order valence-corrected chi connectivity index (χ2v) is 6.52. The maximum atomic E-state index is 12.5. The van der Waals surface area contributed by atoms with Crippen LogP contribution in [0.2, 0.25) is 0 Å². The first kappa shape index (κ1) is 18.9. The van der Waals surface area contributed by atoms with Crippen LogP contribution in [0.4, 0.5) is 0 Å². The molecule has 27 heavy (non-hydrogen) atoms. The van der Waals surface area contributed by atoms with E-state index in [0.29, 0.717) is 18.3 Å². The van der Waals surface area contributed by atoms with E-state index >= 15 is 0 Å². The van der Waals surface area contributed by atoms with Crippen molar-refractivity contribution in [1.82, 2.24) is 15.0 Å². The van der Waals surface area contributed by atoms with Crippen LogP contribution in [0.15, 0.2) is 28.8 Å². The summed E-state index contributed by atoms with van der Waals surface area (Å²) in [6.45, 7) is 4.05. The van der Waals surface area contributed by atoms with Crippen LogP contribution in [0.25, 0.3) is 11.4 Å². The molecule has 1 fully saturated rings. The summed E-state index contributed by atoms with van der Waals surface area (Å²) in [4.78, 5) is 29.5. The minimum Gasteiger partial charge on any atom is -0.494 e. The van der Waals surface area contributed by atoms with E-state index < -0.39 is 12.0 Å². The predicted molar refractivity (Wildman–Crippen MR) is 96.2 cm³/mol. The van der Waals surface area contributed by atoms with E-state index in [9.17, 15) is 14.7 Å². The van der Waals surface area contributed by atoms with Gasteiger partial charge in [-0.05, 0) is 51.0 Å². The number of amides is 1. The third-order valence-corrected chi connectivity index (χ3v) is 4.45. The van der Waals surface area contributed by atoms with Crippen molar-refractivity contribution in [2.45, 2.75) is 51.6 Å². The molecule has 0 aliphatic heterocycles. The molecule has 0 saturated heterocycles. The molecule has 1 heterocycles. The maximum Gasteiger partial charge on any atom is 0.326 e. The van der Waals surface area contributed by atoms with Crippen LogP contribution in [0.1, 0.15) is 39.0 Å². The number of aromatic nitrogens is 2. The molecule has 0 spiro atoms. The summed E-state index contributed by atoms with van der Waals surface area (Å²) in [5, 5.41) is 13.2. The monoisotopic (exact) mass is 373 g/mol. The van der Waals surface area contributed by atoms with Crippen molar-refractivity contribution in [3.05, 3.63) is 30.2 Å². The lowest BCUT2D eigenvalue weighted by atomic mass is 10.2. The van der Waals surface area contributed by atoms with Crippen LogP contribution in [-0.2, 0) is 16.0 Å².